The van der Waals surface area contributed by atoms with Crippen LogP contribution in [0.4, 0.5) is 0 Å². The molecule has 18 heavy (non-hydrogen) atoms. The fraction of sp³-hybridized carbons (Fsp3) is 0.308. The minimum atomic E-state index is -0.127. The molecule has 1 amide bonds. The summed E-state index contributed by atoms with van der Waals surface area (Å²) in [5.41, 5.74) is 0.895. The average Bonchev–Trinajstić information content (AvgIpc) is 2.84. The molecule has 96 valence electrons. The fourth-order valence-corrected chi connectivity index (χ4v) is 1.66. The SMILES string of the molecule is O=C(C=Cc1ccc2c(c1)OCO2)NCCCCl. The molecule has 0 radical (unpaired) electrons. The molecule has 1 aromatic carbocycles. The molecule has 1 aromatic rings. The Labute approximate surface area is 111 Å². The van der Waals surface area contributed by atoms with Gasteiger partial charge in [0.25, 0.3) is 0 Å². The maximum Gasteiger partial charge on any atom is 0.243 e. The Kier molecular flexibility index (Phi) is 4.47. The topological polar surface area (TPSA) is 47.6 Å². The van der Waals surface area contributed by atoms with Crippen molar-refractivity contribution >= 4 is 23.6 Å². The third-order valence-electron chi connectivity index (χ3n) is 2.43. The molecule has 0 aromatic heterocycles. The summed E-state index contributed by atoms with van der Waals surface area (Å²) in [5.74, 6) is 1.86. The van der Waals surface area contributed by atoms with E-state index in [4.69, 9.17) is 21.1 Å². The largest absolute Gasteiger partial charge is 0.454 e. The Hall–Kier alpha value is -1.68. The van der Waals surface area contributed by atoms with Crippen LogP contribution in [0, 0.1) is 0 Å². The van der Waals surface area contributed by atoms with Gasteiger partial charge in [0, 0.05) is 18.5 Å². The van der Waals surface area contributed by atoms with Gasteiger partial charge in [-0.1, -0.05) is 6.07 Å². The minimum Gasteiger partial charge on any atom is -0.454 e. The molecule has 1 N–H and O–H groups in total. The lowest BCUT2D eigenvalue weighted by Gasteiger charge is -1.99. The highest BCUT2D eigenvalue weighted by Gasteiger charge is 2.12. The number of carbonyl (C=O) groups excluding carboxylic acids is 1. The van der Waals surface area contributed by atoms with Crippen LogP contribution in [0.2, 0.25) is 0 Å². The summed E-state index contributed by atoms with van der Waals surface area (Å²) in [6.45, 7) is 0.842. The number of fused-ring (bicyclic) bond motifs is 1. The quantitative estimate of drug-likeness (QED) is 0.505. The zero-order chi connectivity index (χ0) is 12.8. The van der Waals surface area contributed by atoms with Crippen LogP contribution in [0.1, 0.15) is 12.0 Å². The van der Waals surface area contributed by atoms with E-state index in [1.54, 1.807) is 6.08 Å². The second-order valence-electron chi connectivity index (χ2n) is 3.78. The molecule has 0 saturated carbocycles. The van der Waals surface area contributed by atoms with Gasteiger partial charge in [-0.05, 0) is 30.2 Å². The number of rotatable bonds is 5. The van der Waals surface area contributed by atoms with Crippen LogP contribution >= 0.6 is 11.6 Å². The van der Waals surface area contributed by atoms with Crippen LogP contribution in [-0.4, -0.2) is 25.1 Å². The number of nitrogens with one attached hydrogen (secondary N) is 1. The Morgan fingerprint density at radius 1 is 1.39 bits per heavy atom. The molecule has 4 nitrogen and oxygen atoms in total. The van der Waals surface area contributed by atoms with E-state index in [-0.39, 0.29) is 12.7 Å². The summed E-state index contributed by atoms with van der Waals surface area (Å²) in [7, 11) is 0. The normalized spacial score (nSPS) is 12.9. The smallest absolute Gasteiger partial charge is 0.243 e. The highest BCUT2D eigenvalue weighted by molar-refractivity contribution is 6.17. The summed E-state index contributed by atoms with van der Waals surface area (Å²) in [4.78, 5) is 11.4. The third-order valence-corrected chi connectivity index (χ3v) is 2.70. The summed E-state index contributed by atoms with van der Waals surface area (Å²) in [5, 5.41) is 2.74. The van der Waals surface area contributed by atoms with Crippen molar-refractivity contribution in [2.75, 3.05) is 19.2 Å². The highest BCUT2D eigenvalue weighted by atomic mass is 35.5. The number of carbonyl (C=O) groups is 1. The van der Waals surface area contributed by atoms with E-state index in [9.17, 15) is 4.79 Å². The van der Waals surface area contributed by atoms with E-state index in [1.807, 2.05) is 18.2 Å². The van der Waals surface area contributed by atoms with Crippen LogP contribution in [0.5, 0.6) is 11.5 Å². The number of hydrogen-bond donors (Lipinski definition) is 1. The number of ether oxygens (including phenoxy) is 2. The number of halogens is 1. The first-order valence-electron chi connectivity index (χ1n) is 5.71. The molecule has 0 unspecified atom stereocenters. The Bertz CT molecular complexity index is 460. The molecule has 0 spiro atoms. The number of alkyl halides is 1. The van der Waals surface area contributed by atoms with Crippen LogP contribution < -0.4 is 14.8 Å². The van der Waals surface area contributed by atoms with Crippen LogP contribution in [0.25, 0.3) is 6.08 Å². The summed E-state index contributed by atoms with van der Waals surface area (Å²) in [6.07, 6.45) is 3.99. The van der Waals surface area contributed by atoms with Gasteiger partial charge in [-0.15, -0.1) is 11.6 Å². The minimum absolute atomic E-state index is 0.127. The molecule has 5 heteroatoms. The second kappa shape index (κ2) is 6.31. The van der Waals surface area contributed by atoms with E-state index < -0.39 is 0 Å². The van der Waals surface area contributed by atoms with Crippen LogP contribution in [0.15, 0.2) is 24.3 Å². The summed E-state index contributed by atoms with van der Waals surface area (Å²) >= 11 is 5.52. The molecule has 0 atom stereocenters. The van der Waals surface area contributed by atoms with Crippen molar-refractivity contribution in [2.24, 2.45) is 0 Å². The molecule has 0 aliphatic carbocycles. The standard InChI is InChI=1S/C13H14ClNO3/c14-6-1-7-15-13(16)5-3-10-2-4-11-12(8-10)18-9-17-11/h2-5,8H,1,6-7,9H2,(H,15,16). The Morgan fingerprint density at radius 3 is 3.06 bits per heavy atom. The maximum atomic E-state index is 11.4. The van der Waals surface area contributed by atoms with E-state index in [0.29, 0.717) is 18.2 Å². The van der Waals surface area contributed by atoms with Gasteiger partial charge in [0.05, 0.1) is 0 Å². The number of amides is 1. The first-order chi connectivity index (χ1) is 8.79. The van der Waals surface area contributed by atoms with E-state index in [0.717, 1.165) is 17.7 Å². The van der Waals surface area contributed by atoms with Crippen LogP contribution in [-0.2, 0) is 4.79 Å². The number of hydrogen-bond acceptors (Lipinski definition) is 3. The molecule has 0 bridgehead atoms. The molecule has 1 aliphatic rings. The second-order valence-corrected chi connectivity index (χ2v) is 4.16. The lowest BCUT2D eigenvalue weighted by atomic mass is 10.2. The first kappa shape index (κ1) is 12.8. The van der Waals surface area contributed by atoms with Gasteiger partial charge >= 0.3 is 0 Å². The summed E-state index contributed by atoms with van der Waals surface area (Å²) in [6, 6.07) is 5.54. The fourth-order valence-electron chi connectivity index (χ4n) is 1.53. The van der Waals surface area contributed by atoms with E-state index >= 15 is 0 Å². The zero-order valence-corrected chi connectivity index (χ0v) is 10.6. The molecule has 0 fully saturated rings. The van der Waals surface area contributed by atoms with Crippen molar-refractivity contribution in [1.29, 1.82) is 0 Å². The maximum absolute atomic E-state index is 11.4. The predicted molar refractivity (Wildman–Crippen MR) is 69.9 cm³/mol. The van der Waals surface area contributed by atoms with Gasteiger partial charge in [0.15, 0.2) is 11.5 Å². The van der Waals surface area contributed by atoms with Crippen molar-refractivity contribution in [1.82, 2.24) is 5.32 Å². The third kappa shape index (κ3) is 3.40. The van der Waals surface area contributed by atoms with Crippen molar-refractivity contribution < 1.29 is 14.3 Å². The van der Waals surface area contributed by atoms with Crippen LogP contribution in [0.3, 0.4) is 0 Å². The first-order valence-corrected chi connectivity index (χ1v) is 6.24. The van der Waals surface area contributed by atoms with Crippen molar-refractivity contribution in [3.63, 3.8) is 0 Å². The molecular weight excluding hydrogens is 254 g/mol. The molecule has 0 saturated heterocycles. The van der Waals surface area contributed by atoms with Gasteiger partial charge in [-0.2, -0.15) is 0 Å². The van der Waals surface area contributed by atoms with Crippen molar-refractivity contribution in [3.05, 3.63) is 29.8 Å². The van der Waals surface area contributed by atoms with Gasteiger partial charge in [0.1, 0.15) is 0 Å². The summed E-state index contributed by atoms with van der Waals surface area (Å²) < 4.78 is 10.5. The van der Waals surface area contributed by atoms with Gasteiger partial charge in [-0.25, -0.2) is 0 Å². The lowest BCUT2D eigenvalue weighted by Crippen LogP contribution is -2.22. The molecular formula is C13H14ClNO3. The monoisotopic (exact) mass is 267 g/mol. The average molecular weight is 268 g/mol. The molecule has 1 aliphatic heterocycles. The van der Waals surface area contributed by atoms with Crippen molar-refractivity contribution in [2.45, 2.75) is 6.42 Å². The zero-order valence-electron chi connectivity index (χ0n) is 9.82. The van der Waals surface area contributed by atoms with E-state index in [2.05, 4.69) is 5.32 Å². The molecule has 1 heterocycles. The Balaban J connectivity index is 1.90. The Morgan fingerprint density at radius 2 is 2.22 bits per heavy atom. The van der Waals surface area contributed by atoms with Gasteiger partial charge < -0.3 is 14.8 Å². The highest BCUT2D eigenvalue weighted by Crippen LogP contribution is 2.32. The lowest BCUT2D eigenvalue weighted by molar-refractivity contribution is -0.116. The van der Waals surface area contributed by atoms with Gasteiger partial charge in [0.2, 0.25) is 12.7 Å². The van der Waals surface area contributed by atoms with Gasteiger partial charge in [-0.3, -0.25) is 4.79 Å². The van der Waals surface area contributed by atoms with Crippen molar-refractivity contribution in [3.8, 4) is 11.5 Å². The number of benzene rings is 1. The molecule has 2 rings (SSSR count). The predicted octanol–water partition coefficient (Wildman–Crippen LogP) is 2.17. The van der Waals surface area contributed by atoms with E-state index in [1.165, 1.54) is 6.08 Å².